The van der Waals surface area contributed by atoms with Crippen molar-refractivity contribution in [2.75, 3.05) is 13.4 Å². The summed E-state index contributed by atoms with van der Waals surface area (Å²) >= 11 is 3.21. The number of halogens is 1. The van der Waals surface area contributed by atoms with Crippen molar-refractivity contribution < 1.29 is 21.7 Å². The highest BCUT2D eigenvalue weighted by molar-refractivity contribution is 7.98. The lowest BCUT2D eigenvalue weighted by Gasteiger charge is -1.99. The van der Waals surface area contributed by atoms with E-state index in [1.54, 1.807) is 30.2 Å². The average molecular weight is 329 g/mol. The van der Waals surface area contributed by atoms with Gasteiger partial charge >= 0.3 is 10.1 Å². The van der Waals surface area contributed by atoms with Crippen LogP contribution in [0.25, 0.3) is 15.5 Å². The number of methoxy groups -OCH3 is 1. The second-order valence-electron chi connectivity index (χ2n) is 3.94. The minimum absolute atomic E-state index is 0. The molecule has 3 aromatic rings. The number of aryl methyl sites for hydroxylation is 1. The third-order valence-electron chi connectivity index (χ3n) is 2.77. The molecule has 2 heterocycles. The lowest BCUT2D eigenvalue weighted by Crippen LogP contribution is -3.00. The molecular weight excluding hydrogens is 316 g/mol. The number of hydrogen-bond donors (Lipinski definition) is 0. The van der Waals surface area contributed by atoms with Crippen LogP contribution in [0.5, 0.6) is 5.75 Å². The van der Waals surface area contributed by atoms with Gasteiger partial charge in [-0.1, -0.05) is 26.1 Å². The SMILES string of the molecule is COc1ccc(-c2n[n+]3c(SC)nn(C)c3s2)cc1.[Cl-]. The van der Waals surface area contributed by atoms with Gasteiger partial charge in [0.1, 0.15) is 5.75 Å². The van der Waals surface area contributed by atoms with Gasteiger partial charge in [0.15, 0.2) is 5.01 Å². The topological polar surface area (TPSA) is 44.0 Å². The second kappa shape index (κ2) is 5.99. The van der Waals surface area contributed by atoms with E-state index < -0.39 is 0 Å². The lowest BCUT2D eigenvalue weighted by atomic mass is 10.2. The van der Waals surface area contributed by atoms with Crippen LogP contribution in [0, 0.1) is 0 Å². The molecule has 106 valence electrons. The molecule has 0 bridgehead atoms. The third-order valence-corrected chi connectivity index (χ3v) is 4.52. The summed E-state index contributed by atoms with van der Waals surface area (Å²) in [5.74, 6) is 0.851. The molecule has 0 spiro atoms. The molecule has 0 saturated heterocycles. The van der Waals surface area contributed by atoms with Crippen LogP contribution in [0.3, 0.4) is 0 Å². The molecule has 5 nitrogen and oxygen atoms in total. The molecule has 20 heavy (non-hydrogen) atoms. The Labute approximate surface area is 131 Å². The van der Waals surface area contributed by atoms with Crippen LogP contribution >= 0.6 is 23.1 Å². The van der Waals surface area contributed by atoms with Gasteiger partial charge in [-0.2, -0.15) is 0 Å². The summed E-state index contributed by atoms with van der Waals surface area (Å²) in [6, 6.07) is 7.92. The zero-order chi connectivity index (χ0) is 13.4. The highest BCUT2D eigenvalue weighted by Crippen LogP contribution is 2.26. The first-order valence-corrected chi connectivity index (χ1v) is 7.71. The molecule has 0 N–H and O–H groups in total. The molecule has 2 aromatic heterocycles. The highest BCUT2D eigenvalue weighted by atomic mass is 35.5. The van der Waals surface area contributed by atoms with E-state index >= 15 is 0 Å². The average Bonchev–Trinajstić information content (AvgIpc) is 3.00. The Kier molecular flexibility index (Phi) is 4.52. The molecule has 0 aliphatic rings. The zero-order valence-corrected chi connectivity index (χ0v) is 13.6. The number of thioether (sulfide) groups is 1. The quantitative estimate of drug-likeness (QED) is 0.458. The zero-order valence-electron chi connectivity index (χ0n) is 11.2. The Morgan fingerprint density at radius 3 is 2.60 bits per heavy atom. The summed E-state index contributed by atoms with van der Waals surface area (Å²) in [7, 11) is 3.60. The molecule has 0 aliphatic heterocycles. The van der Waals surface area contributed by atoms with E-state index in [0.717, 1.165) is 26.4 Å². The van der Waals surface area contributed by atoms with E-state index in [4.69, 9.17) is 4.74 Å². The van der Waals surface area contributed by atoms with Gasteiger partial charge in [-0.3, -0.25) is 0 Å². The number of ether oxygens (including phenoxy) is 1. The predicted molar refractivity (Wildman–Crippen MR) is 75.8 cm³/mol. The normalized spacial score (nSPS) is 10.6. The van der Waals surface area contributed by atoms with Gasteiger partial charge in [-0.15, -0.1) is 0 Å². The fourth-order valence-corrected chi connectivity index (χ4v) is 3.30. The maximum atomic E-state index is 5.16. The largest absolute Gasteiger partial charge is 1.00 e. The molecule has 0 amide bonds. The van der Waals surface area contributed by atoms with Crippen molar-refractivity contribution in [3.05, 3.63) is 24.3 Å². The Morgan fingerprint density at radius 2 is 2.00 bits per heavy atom. The first kappa shape index (κ1) is 15.1. The van der Waals surface area contributed by atoms with Crippen LogP contribution < -0.4 is 21.7 Å². The first-order chi connectivity index (χ1) is 9.22. The molecule has 1 aromatic carbocycles. The van der Waals surface area contributed by atoms with Crippen molar-refractivity contribution in [3.63, 3.8) is 0 Å². The van der Waals surface area contributed by atoms with Crippen LogP contribution in [0.1, 0.15) is 0 Å². The fourth-order valence-electron chi connectivity index (χ4n) is 1.80. The smallest absolute Gasteiger partial charge is 0.361 e. The molecule has 0 atom stereocenters. The Hall–Kier alpha value is -1.31. The van der Waals surface area contributed by atoms with Gasteiger partial charge in [-0.25, -0.2) is 0 Å². The Bertz CT molecular complexity index is 723. The van der Waals surface area contributed by atoms with E-state index in [0.29, 0.717) is 0 Å². The second-order valence-corrected chi connectivity index (χ2v) is 5.67. The van der Waals surface area contributed by atoms with Crippen molar-refractivity contribution >= 4 is 28.1 Å². The maximum absolute atomic E-state index is 5.16. The summed E-state index contributed by atoms with van der Waals surface area (Å²) in [4.78, 5) is 1.02. The minimum Gasteiger partial charge on any atom is -1.00 e. The van der Waals surface area contributed by atoms with E-state index in [-0.39, 0.29) is 12.4 Å². The summed E-state index contributed by atoms with van der Waals surface area (Å²) in [6.07, 6.45) is 2.00. The summed E-state index contributed by atoms with van der Waals surface area (Å²) in [5, 5.41) is 10.9. The van der Waals surface area contributed by atoms with Crippen molar-refractivity contribution in [2.24, 2.45) is 7.05 Å². The standard InChI is InChI=1S/C12H13N4OS2.ClH/c1-15-12-16(11(14-15)18-3)13-10(19-12)8-4-6-9(17-2)7-5-8;/h4-7H,1-3H3;1H/q+1;/p-1. The fraction of sp³-hybridized carbons (Fsp3) is 0.250. The molecule has 0 saturated carbocycles. The van der Waals surface area contributed by atoms with Crippen molar-refractivity contribution in [2.45, 2.75) is 5.16 Å². The number of hydrogen-bond acceptors (Lipinski definition) is 5. The van der Waals surface area contributed by atoms with Gasteiger partial charge in [0, 0.05) is 5.56 Å². The van der Waals surface area contributed by atoms with Gasteiger partial charge in [-0.05, 0) is 41.9 Å². The maximum Gasteiger partial charge on any atom is 0.361 e. The summed E-state index contributed by atoms with van der Waals surface area (Å²) in [6.45, 7) is 0. The molecule has 0 radical (unpaired) electrons. The molecule has 8 heteroatoms. The summed E-state index contributed by atoms with van der Waals surface area (Å²) in [5.41, 5.74) is 1.08. The van der Waals surface area contributed by atoms with Crippen LogP contribution in [0.2, 0.25) is 0 Å². The predicted octanol–water partition coefficient (Wildman–Crippen LogP) is -0.983. The van der Waals surface area contributed by atoms with Crippen LogP contribution in [0.15, 0.2) is 29.4 Å². The van der Waals surface area contributed by atoms with Gasteiger partial charge in [0.25, 0.3) is 0 Å². The van der Waals surface area contributed by atoms with Gasteiger partial charge in [0.2, 0.25) is 0 Å². The van der Waals surface area contributed by atoms with Crippen LogP contribution in [-0.4, -0.2) is 28.2 Å². The molecule has 0 fully saturated rings. The van der Waals surface area contributed by atoms with Crippen LogP contribution in [0.4, 0.5) is 0 Å². The lowest BCUT2D eigenvalue weighted by molar-refractivity contribution is -0.616. The molecular formula is C12H13ClN4OS2. The van der Waals surface area contributed by atoms with Gasteiger partial charge < -0.3 is 17.1 Å². The number of benzene rings is 1. The number of aromatic nitrogens is 4. The number of nitrogens with zero attached hydrogens (tertiary/aromatic N) is 4. The highest BCUT2D eigenvalue weighted by Gasteiger charge is 2.22. The Balaban J connectivity index is 0.00000147. The molecule has 3 rings (SSSR count). The van der Waals surface area contributed by atoms with Crippen LogP contribution in [-0.2, 0) is 7.05 Å². The van der Waals surface area contributed by atoms with E-state index in [1.165, 1.54) is 0 Å². The van der Waals surface area contributed by atoms with E-state index in [1.807, 2.05) is 46.8 Å². The minimum atomic E-state index is 0. The number of fused-ring (bicyclic) bond motifs is 1. The van der Waals surface area contributed by atoms with Crippen molar-refractivity contribution in [1.82, 2.24) is 14.9 Å². The molecule has 0 unspecified atom stereocenters. The summed E-state index contributed by atoms with van der Waals surface area (Å²) < 4.78 is 8.91. The van der Waals surface area contributed by atoms with Crippen molar-refractivity contribution in [3.8, 4) is 16.3 Å². The van der Waals surface area contributed by atoms with Crippen molar-refractivity contribution in [1.29, 1.82) is 0 Å². The van der Waals surface area contributed by atoms with E-state index in [9.17, 15) is 0 Å². The van der Waals surface area contributed by atoms with E-state index in [2.05, 4.69) is 10.2 Å². The monoisotopic (exact) mass is 328 g/mol. The molecule has 0 aliphatic carbocycles. The van der Waals surface area contributed by atoms with Gasteiger partial charge in [0.05, 0.1) is 19.3 Å². The number of rotatable bonds is 3. The Morgan fingerprint density at radius 1 is 1.30 bits per heavy atom. The third kappa shape index (κ3) is 2.48. The first-order valence-electron chi connectivity index (χ1n) is 5.67.